The molecule has 160 valence electrons. The normalized spacial score (nSPS) is 23.6. The summed E-state index contributed by atoms with van der Waals surface area (Å²) in [5.41, 5.74) is 7.10. The molecule has 1 aliphatic rings. The highest BCUT2D eigenvalue weighted by atomic mass is 79.9. The molecule has 5 rings (SSSR count). The van der Waals surface area contributed by atoms with E-state index in [1.807, 2.05) is 18.2 Å². The average molecular weight is 507 g/mol. The lowest BCUT2D eigenvalue weighted by molar-refractivity contribution is 0.0441. The van der Waals surface area contributed by atoms with E-state index >= 15 is 4.39 Å². The Balaban J connectivity index is 1.34. The molecule has 3 heterocycles. The van der Waals surface area contributed by atoms with Gasteiger partial charge in [0.1, 0.15) is 34.9 Å². The molecule has 0 unspecified atom stereocenters. The van der Waals surface area contributed by atoms with Crippen LogP contribution >= 0.6 is 27.5 Å². The first-order valence-electron chi connectivity index (χ1n) is 9.70. The number of rotatable bonds is 4. The molecular weight excluding hydrogens is 489 g/mol. The minimum atomic E-state index is -1.45. The molecule has 0 aliphatic heterocycles. The van der Waals surface area contributed by atoms with Crippen LogP contribution in [-0.2, 0) is 0 Å². The van der Waals surface area contributed by atoms with E-state index in [1.54, 1.807) is 22.9 Å². The lowest BCUT2D eigenvalue weighted by atomic mass is 10.1. The maximum atomic E-state index is 15.0. The number of aliphatic hydroxyl groups is 1. The second-order valence-corrected chi connectivity index (χ2v) is 8.86. The third kappa shape index (κ3) is 3.60. The zero-order chi connectivity index (χ0) is 21.7. The fraction of sp³-hybridized carbons (Fsp3) is 0.286. The number of nitrogens with two attached hydrogens (primary N) is 1. The minimum Gasteiger partial charge on any atom is -0.493 e. The van der Waals surface area contributed by atoms with Crippen molar-refractivity contribution >= 4 is 55.3 Å². The zero-order valence-corrected chi connectivity index (χ0v) is 18.5. The van der Waals surface area contributed by atoms with Crippen LogP contribution in [0.2, 0.25) is 5.15 Å². The van der Waals surface area contributed by atoms with E-state index in [1.165, 1.54) is 6.33 Å². The van der Waals surface area contributed by atoms with Crippen molar-refractivity contribution in [2.24, 2.45) is 5.92 Å². The molecule has 1 aliphatic carbocycles. The smallest absolute Gasteiger partial charge is 0.147 e. The summed E-state index contributed by atoms with van der Waals surface area (Å²) in [7, 11) is 0. The van der Waals surface area contributed by atoms with Crippen molar-refractivity contribution in [2.75, 3.05) is 12.3 Å². The largest absolute Gasteiger partial charge is 0.493 e. The van der Waals surface area contributed by atoms with E-state index in [0.717, 1.165) is 9.86 Å². The highest BCUT2D eigenvalue weighted by molar-refractivity contribution is 9.10. The summed E-state index contributed by atoms with van der Waals surface area (Å²) in [6, 6.07) is 8.55. The number of aliphatic hydroxyl groups excluding tert-OH is 1. The first kappa shape index (κ1) is 20.4. The van der Waals surface area contributed by atoms with Crippen molar-refractivity contribution in [2.45, 2.75) is 24.7 Å². The standard InChI is InChI=1S/C21H18BrClFN5O2/c22-14-5-10-1-2-12(7-15(10)28-20(14)25)31-8-11-6-16(17(24)18(11)30)29-4-3-13-19(23)26-9-27-21(13)29/h1-5,7,9,11,16-18,30H,6,8H2,(H2,25,28)/t11-,16-,17+,18-/m1/s1. The van der Waals surface area contributed by atoms with Crippen molar-refractivity contribution in [3.63, 3.8) is 0 Å². The fourth-order valence-electron chi connectivity index (χ4n) is 4.14. The van der Waals surface area contributed by atoms with Crippen LogP contribution < -0.4 is 10.5 Å². The van der Waals surface area contributed by atoms with E-state index in [4.69, 9.17) is 22.1 Å². The minimum absolute atomic E-state index is 0.171. The summed E-state index contributed by atoms with van der Waals surface area (Å²) in [6.45, 7) is 0.171. The number of benzene rings is 1. The van der Waals surface area contributed by atoms with Gasteiger partial charge in [-0.3, -0.25) is 0 Å². The molecule has 0 bridgehead atoms. The first-order valence-corrected chi connectivity index (χ1v) is 10.9. The molecular formula is C21H18BrClFN5O2. The van der Waals surface area contributed by atoms with Gasteiger partial charge in [-0.2, -0.15) is 0 Å². The van der Waals surface area contributed by atoms with Crippen LogP contribution in [0.4, 0.5) is 10.2 Å². The summed E-state index contributed by atoms with van der Waals surface area (Å²) in [6.07, 6.45) is 0.882. The number of nitrogen functional groups attached to an aromatic ring is 1. The number of ether oxygens (including phenoxy) is 1. The lowest BCUT2D eigenvalue weighted by Gasteiger charge is -2.17. The van der Waals surface area contributed by atoms with Crippen LogP contribution in [0, 0.1) is 5.92 Å². The first-order chi connectivity index (χ1) is 14.9. The van der Waals surface area contributed by atoms with Gasteiger partial charge in [0.25, 0.3) is 0 Å². The maximum absolute atomic E-state index is 15.0. The Morgan fingerprint density at radius 1 is 1.29 bits per heavy atom. The van der Waals surface area contributed by atoms with Crippen LogP contribution in [0.15, 0.2) is 47.3 Å². The van der Waals surface area contributed by atoms with Gasteiger partial charge >= 0.3 is 0 Å². The number of anilines is 1. The molecule has 1 aromatic carbocycles. The summed E-state index contributed by atoms with van der Waals surface area (Å²) < 4.78 is 23.3. The number of halogens is 3. The molecule has 31 heavy (non-hydrogen) atoms. The molecule has 4 aromatic rings. The Labute approximate surface area is 190 Å². The third-order valence-corrected chi connectivity index (χ3v) is 6.71. The zero-order valence-electron chi connectivity index (χ0n) is 16.1. The summed E-state index contributed by atoms with van der Waals surface area (Å²) in [4.78, 5) is 12.5. The molecule has 0 amide bonds. The van der Waals surface area contributed by atoms with E-state index in [9.17, 15) is 5.11 Å². The predicted molar refractivity (Wildman–Crippen MR) is 120 cm³/mol. The Hall–Kier alpha value is -2.49. The van der Waals surface area contributed by atoms with Crippen molar-refractivity contribution in [3.05, 3.63) is 52.5 Å². The molecule has 3 N–H and O–H groups in total. The van der Waals surface area contributed by atoms with Gasteiger partial charge in [-0.05, 0) is 46.6 Å². The van der Waals surface area contributed by atoms with Gasteiger partial charge in [0.05, 0.1) is 34.1 Å². The van der Waals surface area contributed by atoms with Gasteiger partial charge in [0.15, 0.2) is 0 Å². The second kappa shape index (κ2) is 7.89. The van der Waals surface area contributed by atoms with E-state index in [2.05, 4.69) is 30.9 Å². The van der Waals surface area contributed by atoms with Gasteiger partial charge in [0, 0.05) is 23.6 Å². The number of alkyl halides is 1. The molecule has 1 fully saturated rings. The molecule has 0 spiro atoms. The molecule has 10 heteroatoms. The topological polar surface area (TPSA) is 99.1 Å². The number of nitrogens with zero attached hydrogens (tertiary/aromatic N) is 4. The molecule has 7 nitrogen and oxygen atoms in total. The lowest BCUT2D eigenvalue weighted by Crippen LogP contribution is -2.28. The van der Waals surface area contributed by atoms with E-state index < -0.39 is 18.3 Å². The predicted octanol–water partition coefficient (Wildman–Crippen LogP) is 4.32. The summed E-state index contributed by atoms with van der Waals surface area (Å²) in [5, 5.41) is 12.4. The Bertz CT molecular complexity index is 1290. The molecule has 3 aromatic heterocycles. The average Bonchev–Trinajstić information content (AvgIpc) is 3.30. The number of hydrogen-bond donors (Lipinski definition) is 2. The second-order valence-electron chi connectivity index (χ2n) is 7.64. The van der Waals surface area contributed by atoms with Crippen LogP contribution in [0.5, 0.6) is 5.75 Å². The van der Waals surface area contributed by atoms with Crippen LogP contribution in [0.25, 0.3) is 21.9 Å². The van der Waals surface area contributed by atoms with Gasteiger partial charge in [0.2, 0.25) is 0 Å². The third-order valence-electron chi connectivity index (χ3n) is 5.77. The number of pyridine rings is 1. The van der Waals surface area contributed by atoms with Crippen LogP contribution in [-0.4, -0.2) is 43.5 Å². The quantitative estimate of drug-likeness (QED) is 0.400. The van der Waals surface area contributed by atoms with E-state index in [-0.39, 0.29) is 12.5 Å². The van der Waals surface area contributed by atoms with Crippen LogP contribution in [0.3, 0.4) is 0 Å². The summed E-state index contributed by atoms with van der Waals surface area (Å²) in [5.74, 6) is 0.592. The monoisotopic (exact) mass is 505 g/mol. The van der Waals surface area contributed by atoms with Crippen molar-refractivity contribution in [3.8, 4) is 5.75 Å². The number of fused-ring (bicyclic) bond motifs is 2. The van der Waals surface area contributed by atoms with Gasteiger partial charge in [-0.1, -0.05) is 11.6 Å². The fourth-order valence-corrected chi connectivity index (χ4v) is 4.66. The highest BCUT2D eigenvalue weighted by Crippen LogP contribution is 2.40. The highest BCUT2D eigenvalue weighted by Gasteiger charge is 2.44. The molecule has 0 saturated heterocycles. The molecule has 4 atom stereocenters. The van der Waals surface area contributed by atoms with Crippen LogP contribution in [0.1, 0.15) is 12.5 Å². The van der Waals surface area contributed by atoms with Gasteiger partial charge in [-0.25, -0.2) is 19.3 Å². The molecule has 1 saturated carbocycles. The Morgan fingerprint density at radius 3 is 2.97 bits per heavy atom. The van der Waals surface area contributed by atoms with Gasteiger partial charge < -0.3 is 20.1 Å². The molecule has 0 radical (unpaired) electrons. The SMILES string of the molecule is Nc1nc2cc(OC[C@H]3C[C@@H](n4ccc5c(Cl)ncnc54)[C@H](F)[C@@H]3O)ccc2cc1Br. The Morgan fingerprint density at radius 2 is 2.13 bits per heavy atom. The number of hydrogen-bond acceptors (Lipinski definition) is 6. The maximum Gasteiger partial charge on any atom is 0.147 e. The summed E-state index contributed by atoms with van der Waals surface area (Å²) >= 11 is 9.47. The Kier molecular flexibility index (Phi) is 5.19. The van der Waals surface area contributed by atoms with Crippen molar-refractivity contribution < 1.29 is 14.2 Å². The van der Waals surface area contributed by atoms with Gasteiger partial charge in [-0.15, -0.1) is 0 Å². The number of aromatic nitrogens is 4. The van der Waals surface area contributed by atoms with Crippen molar-refractivity contribution in [1.82, 2.24) is 19.5 Å². The van der Waals surface area contributed by atoms with E-state index in [0.29, 0.717) is 39.7 Å². The van der Waals surface area contributed by atoms with Crippen molar-refractivity contribution in [1.29, 1.82) is 0 Å².